The Kier molecular flexibility index (Phi) is 5.79. The molecule has 1 rings (SSSR count). The van der Waals surface area contributed by atoms with Gasteiger partial charge in [0.2, 0.25) is 0 Å². The van der Waals surface area contributed by atoms with Gasteiger partial charge in [-0.3, -0.25) is 4.79 Å². The van der Waals surface area contributed by atoms with E-state index >= 15 is 0 Å². The molecule has 0 amide bonds. The zero-order chi connectivity index (χ0) is 7.82. The number of alkyl halides is 1. The highest BCUT2D eigenvalue weighted by Gasteiger charge is 1.79. The average Bonchev–Trinajstić information content (AvgIpc) is 2.10. The van der Waals surface area contributed by atoms with Crippen molar-refractivity contribution in [1.29, 1.82) is 0 Å². The fourth-order valence-corrected chi connectivity index (χ4v) is 0.532. The Morgan fingerprint density at radius 3 is 2.00 bits per heavy atom. The molecule has 0 unspecified atom stereocenters. The fourth-order valence-electron chi connectivity index (χ4n) is 0.532. The van der Waals surface area contributed by atoms with Crippen molar-refractivity contribution in [2.24, 2.45) is 0 Å². The van der Waals surface area contributed by atoms with Gasteiger partial charge in [-0.05, 0) is 0 Å². The molecule has 54 valence electrons. The zero-order valence-corrected chi connectivity index (χ0v) is 6.51. The molecule has 0 saturated heterocycles. The Bertz CT molecular complexity index is 172. The van der Waals surface area contributed by atoms with Gasteiger partial charge in [-0.2, -0.15) is 0 Å². The van der Waals surface area contributed by atoms with Crippen LogP contribution in [0.15, 0.2) is 30.3 Å². The average molecular weight is 157 g/mol. The lowest BCUT2D eigenvalue weighted by molar-refractivity contribution is 0.112. The number of hydrogen-bond acceptors (Lipinski definition) is 1. The van der Waals surface area contributed by atoms with Crippen LogP contribution in [-0.4, -0.2) is 12.7 Å². The van der Waals surface area contributed by atoms with Crippen LogP contribution in [0.3, 0.4) is 0 Å². The predicted molar refractivity (Wildman–Crippen MR) is 43.6 cm³/mol. The van der Waals surface area contributed by atoms with Crippen molar-refractivity contribution in [3.05, 3.63) is 35.9 Å². The Hall–Kier alpha value is -0.820. The van der Waals surface area contributed by atoms with Crippen molar-refractivity contribution in [2.75, 3.05) is 6.38 Å². The molecule has 1 aromatic rings. The van der Waals surface area contributed by atoms with Crippen LogP contribution in [-0.2, 0) is 0 Å². The van der Waals surface area contributed by atoms with Crippen molar-refractivity contribution in [2.45, 2.75) is 0 Å². The largest absolute Gasteiger partial charge is 0.298 e. The normalized spacial score (nSPS) is 7.40. The monoisotopic (exact) mass is 156 g/mol. The number of benzene rings is 1. The number of hydrogen-bond donors (Lipinski definition) is 0. The molecule has 0 heterocycles. The fraction of sp³-hybridized carbons (Fsp3) is 0.125. The Balaban J connectivity index is 0.000000371. The Morgan fingerprint density at radius 2 is 1.70 bits per heavy atom. The van der Waals surface area contributed by atoms with Gasteiger partial charge in [0.05, 0.1) is 0 Å². The third-order valence-corrected chi connectivity index (χ3v) is 0.936. The summed E-state index contributed by atoms with van der Waals surface area (Å²) < 4.78 is 0. The predicted octanol–water partition coefficient (Wildman–Crippen LogP) is 2.35. The minimum Gasteiger partial charge on any atom is -0.298 e. The van der Waals surface area contributed by atoms with E-state index in [1.54, 1.807) is 12.1 Å². The molecule has 0 aromatic heterocycles. The van der Waals surface area contributed by atoms with Crippen molar-refractivity contribution in [3.63, 3.8) is 0 Å². The van der Waals surface area contributed by atoms with Gasteiger partial charge in [0.25, 0.3) is 0 Å². The first-order valence-corrected chi connectivity index (χ1v) is 3.57. The lowest BCUT2D eigenvalue weighted by Gasteiger charge is -1.81. The molecule has 2 heteroatoms. The molecule has 0 spiro atoms. The topological polar surface area (TPSA) is 17.1 Å². The quantitative estimate of drug-likeness (QED) is 0.451. The molecular formula is C8H9ClO. The van der Waals surface area contributed by atoms with Crippen LogP contribution >= 0.6 is 11.6 Å². The maximum atomic E-state index is 10.0. The summed E-state index contributed by atoms with van der Waals surface area (Å²) >= 11 is 4.64. The summed E-state index contributed by atoms with van der Waals surface area (Å²) in [5, 5.41) is 0. The van der Waals surface area contributed by atoms with E-state index in [1.165, 1.54) is 6.38 Å². The maximum Gasteiger partial charge on any atom is 0.150 e. The van der Waals surface area contributed by atoms with Gasteiger partial charge in [0.1, 0.15) is 6.29 Å². The van der Waals surface area contributed by atoms with Crippen LogP contribution in [0, 0.1) is 0 Å². The van der Waals surface area contributed by atoms with E-state index in [2.05, 4.69) is 11.6 Å². The van der Waals surface area contributed by atoms with Gasteiger partial charge in [-0.25, -0.2) is 0 Å². The van der Waals surface area contributed by atoms with Crippen molar-refractivity contribution in [3.8, 4) is 0 Å². The Labute approximate surface area is 65.6 Å². The molecule has 1 aromatic carbocycles. The van der Waals surface area contributed by atoms with Crippen LogP contribution in [0.4, 0.5) is 0 Å². The second-order valence-electron chi connectivity index (χ2n) is 1.53. The van der Waals surface area contributed by atoms with E-state index in [4.69, 9.17) is 0 Å². The molecular weight excluding hydrogens is 148 g/mol. The minimum absolute atomic E-state index is 0.729. The first-order valence-electron chi connectivity index (χ1n) is 2.81. The first-order chi connectivity index (χ1) is 4.93. The highest BCUT2D eigenvalue weighted by atomic mass is 35.5. The van der Waals surface area contributed by atoms with Crippen LogP contribution in [0.2, 0.25) is 0 Å². The third-order valence-electron chi connectivity index (χ3n) is 0.936. The molecule has 1 nitrogen and oxygen atoms in total. The number of aldehydes is 1. The van der Waals surface area contributed by atoms with Crippen LogP contribution in [0.5, 0.6) is 0 Å². The van der Waals surface area contributed by atoms with Crippen molar-refractivity contribution < 1.29 is 4.79 Å². The molecule has 0 N–H and O–H groups in total. The summed E-state index contributed by atoms with van der Waals surface area (Å²) in [5.41, 5.74) is 0.729. The van der Waals surface area contributed by atoms with Gasteiger partial charge in [0.15, 0.2) is 0 Å². The molecule has 0 aliphatic carbocycles. The number of halogens is 1. The van der Waals surface area contributed by atoms with Crippen LogP contribution in [0.25, 0.3) is 0 Å². The van der Waals surface area contributed by atoms with Gasteiger partial charge in [-0.1, -0.05) is 30.3 Å². The van der Waals surface area contributed by atoms with Crippen molar-refractivity contribution >= 4 is 17.9 Å². The lowest BCUT2D eigenvalue weighted by Crippen LogP contribution is -1.73. The molecule has 0 fully saturated rings. The summed E-state index contributed by atoms with van der Waals surface area (Å²) in [7, 11) is 0. The number of carbonyl (C=O) groups excluding carboxylic acids is 1. The molecule has 0 aliphatic rings. The molecule has 0 saturated carbocycles. The summed E-state index contributed by atoms with van der Waals surface area (Å²) in [6.45, 7) is 0. The highest BCUT2D eigenvalue weighted by molar-refractivity contribution is 6.15. The van der Waals surface area contributed by atoms with Gasteiger partial charge in [-0.15, -0.1) is 11.6 Å². The molecule has 0 bridgehead atoms. The summed E-state index contributed by atoms with van der Waals surface area (Å²) in [6, 6.07) is 9.10. The zero-order valence-electron chi connectivity index (χ0n) is 5.75. The van der Waals surface area contributed by atoms with E-state index < -0.39 is 0 Å². The highest BCUT2D eigenvalue weighted by Crippen LogP contribution is 1.91. The van der Waals surface area contributed by atoms with E-state index in [0.717, 1.165) is 11.8 Å². The summed E-state index contributed by atoms with van der Waals surface area (Å²) in [5.74, 6) is 0. The standard InChI is InChI=1S/C7H6O.CH3Cl/c8-6-7-4-2-1-3-5-7;1-2/h1-6H;1H3. The van der Waals surface area contributed by atoms with E-state index in [9.17, 15) is 4.79 Å². The number of rotatable bonds is 1. The van der Waals surface area contributed by atoms with Crippen LogP contribution in [0.1, 0.15) is 10.4 Å². The maximum absolute atomic E-state index is 10.0. The van der Waals surface area contributed by atoms with Gasteiger partial charge in [0, 0.05) is 11.9 Å². The van der Waals surface area contributed by atoms with Gasteiger partial charge >= 0.3 is 0 Å². The SMILES string of the molecule is CCl.O=Cc1ccccc1. The molecule has 10 heavy (non-hydrogen) atoms. The smallest absolute Gasteiger partial charge is 0.150 e. The third kappa shape index (κ3) is 3.25. The first kappa shape index (κ1) is 9.18. The van der Waals surface area contributed by atoms with Gasteiger partial charge < -0.3 is 0 Å². The van der Waals surface area contributed by atoms with E-state index in [0.29, 0.717) is 0 Å². The van der Waals surface area contributed by atoms with Crippen molar-refractivity contribution in [1.82, 2.24) is 0 Å². The molecule has 0 aliphatic heterocycles. The van der Waals surface area contributed by atoms with E-state index in [1.807, 2.05) is 18.2 Å². The second-order valence-corrected chi connectivity index (χ2v) is 1.53. The Morgan fingerprint density at radius 1 is 1.20 bits per heavy atom. The number of carbonyl (C=O) groups is 1. The van der Waals surface area contributed by atoms with E-state index in [-0.39, 0.29) is 0 Å². The molecule has 0 atom stereocenters. The summed E-state index contributed by atoms with van der Waals surface area (Å²) in [4.78, 5) is 10.0. The van der Waals surface area contributed by atoms with Crippen LogP contribution < -0.4 is 0 Å². The summed E-state index contributed by atoms with van der Waals surface area (Å²) in [6.07, 6.45) is 2.31. The lowest BCUT2D eigenvalue weighted by atomic mass is 10.2. The second kappa shape index (κ2) is 6.30. The molecule has 0 radical (unpaired) electrons. The minimum atomic E-state index is 0.729.